The molecule has 278 valence electrons. The Morgan fingerprint density at radius 2 is 0.724 bits per heavy atom. The first-order chi connectivity index (χ1) is 28.5. The van der Waals surface area contributed by atoms with Crippen molar-refractivity contribution in [1.29, 1.82) is 0 Å². The van der Waals surface area contributed by atoms with E-state index in [4.69, 9.17) is 14.2 Å². The number of ketones is 3. The van der Waals surface area contributed by atoms with E-state index in [1.165, 1.54) is 11.3 Å². The average molecular weight is 773 g/mol. The number of benzene rings is 8. The average Bonchev–Trinajstić information content (AvgIpc) is 3.65. The lowest BCUT2D eigenvalue weighted by atomic mass is 9.84. The fourth-order valence-corrected chi connectivity index (χ4v) is 8.17. The maximum absolute atomic E-state index is 15.6. The molecule has 0 aliphatic carbocycles. The highest BCUT2D eigenvalue weighted by Crippen LogP contribution is 2.43. The number of rotatable bonds is 12. The molecule has 0 atom stereocenters. The van der Waals surface area contributed by atoms with Crippen molar-refractivity contribution in [3.63, 3.8) is 0 Å². The molecule has 0 fully saturated rings. The van der Waals surface area contributed by atoms with E-state index in [1.807, 2.05) is 78.9 Å². The number of fused-ring (bicyclic) bond motifs is 3. The van der Waals surface area contributed by atoms with Crippen LogP contribution in [0, 0.1) is 0 Å². The molecule has 8 aromatic carbocycles. The van der Waals surface area contributed by atoms with Crippen molar-refractivity contribution in [2.45, 2.75) is 0 Å². The standard InChI is InChI=1S/C51H32O6S/c52-49(36-24-10-14-28-41(36)55-33-18-4-1-5-19-33)40-32-45-46(39-27-13-17-31-44(39)58-45)48(51(54)38-26-12-16-30-43(38)57-35-22-8-3-9-23-35)47(40)50(53)37-25-11-15-29-42(37)56-34-20-6-2-7-21-34/h1-32H. The van der Waals surface area contributed by atoms with Crippen molar-refractivity contribution in [3.05, 3.63) is 228 Å². The second-order valence-electron chi connectivity index (χ2n) is 13.4. The summed E-state index contributed by atoms with van der Waals surface area (Å²) >= 11 is 1.45. The first-order valence-corrected chi connectivity index (χ1v) is 19.4. The molecule has 0 saturated carbocycles. The van der Waals surface area contributed by atoms with Gasteiger partial charge in [-0.2, -0.15) is 0 Å². The molecule has 0 unspecified atom stereocenters. The molecule has 1 heterocycles. The molecule has 0 aliphatic rings. The molecule has 0 amide bonds. The summed E-state index contributed by atoms with van der Waals surface area (Å²) in [5.41, 5.74) is 0.704. The summed E-state index contributed by atoms with van der Waals surface area (Å²) in [6.07, 6.45) is 0. The summed E-state index contributed by atoms with van der Waals surface area (Å²) in [6, 6.07) is 57.7. The van der Waals surface area contributed by atoms with Crippen molar-refractivity contribution in [3.8, 4) is 34.5 Å². The van der Waals surface area contributed by atoms with Gasteiger partial charge in [-0.25, -0.2) is 0 Å². The minimum Gasteiger partial charge on any atom is -0.457 e. The summed E-state index contributed by atoms with van der Waals surface area (Å²) in [4.78, 5) is 46.4. The van der Waals surface area contributed by atoms with Crippen LogP contribution in [0.2, 0.25) is 0 Å². The normalized spacial score (nSPS) is 11.0. The summed E-state index contributed by atoms with van der Waals surface area (Å²) in [5.74, 6) is 0.949. The van der Waals surface area contributed by atoms with E-state index < -0.39 is 17.3 Å². The molecular weight excluding hydrogens is 741 g/mol. The molecule has 0 spiro atoms. The van der Waals surface area contributed by atoms with Crippen molar-refractivity contribution in [2.75, 3.05) is 0 Å². The van der Waals surface area contributed by atoms with Crippen LogP contribution in [0.1, 0.15) is 47.8 Å². The zero-order chi connectivity index (χ0) is 39.4. The number of hydrogen-bond acceptors (Lipinski definition) is 7. The largest absolute Gasteiger partial charge is 0.457 e. The molecule has 6 nitrogen and oxygen atoms in total. The molecule has 0 N–H and O–H groups in total. The number of ether oxygens (including phenoxy) is 3. The van der Waals surface area contributed by atoms with Crippen molar-refractivity contribution in [1.82, 2.24) is 0 Å². The van der Waals surface area contributed by atoms with Crippen LogP contribution in [0.3, 0.4) is 0 Å². The van der Waals surface area contributed by atoms with Gasteiger partial charge < -0.3 is 14.2 Å². The Labute approximate surface area is 338 Å². The van der Waals surface area contributed by atoms with Gasteiger partial charge in [0.15, 0.2) is 17.3 Å². The second kappa shape index (κ2) is 15.9. The number of hydrogen-bond donors (Lipinski definition) is 0. The monoisotopic (exact) mass is 772 g/mol. The Hall–Kier alpha value is -7.61. The van der Waals surface area contributed by atoms with E-state index in [0.717, 1.165) is 10.1 Å². The highest BCUT2D eigenvalue weighted by Gasteiger charge is 2.33. The van der Waals surface area contributed by atoms with E-state index in [1.54, 1.807) is 115 Å². The number of carbonyl (C=O) groups excluding carboxylic acids is 3. The highest BCUT2D eigenvalue weighted by molar-refractivity contribution is 7.26. The van der Waals surface area contributed by atoms with Gasteiger partial charge in [0.2, 0.25) is 0 Å². The highest BCUT2D eigenvalue weighted by atomic mass is 32.1. The summed E-state index contributed by atoms with van der Waals surface area (Å²) < 4.78 is 20.5. The van der Waals surface area contributed by atoms with Gasteiger partial charge >= 0.3 is 0 Å². The van der Waals surface area contributed by atoms with Crippen LogP contribution in [0.25, 0.3) is 20.2 Å². The van der Waals surface area contributed by atoms with E-state index >= 15 is 14.4 Å². The SMILES string of the molecule is O=C(c1ccccc1Oc1ccccc1)c1cc2sc3ccccc3c2c(C(=O)c2ccccc2Oc2ccccc2)c1C(=O)c1ccccc1Oc1ccccc1. The zero-order valence-electron chi connectivity index (χ0n) is 30.8. The van der Waals surface area contributed by atoms with Gasteiger partial charge in [0.25, 0.3) is 0 Å². The van der Waals surface area contributed by atoms with Gasteiger partial charge in [-0.15, -0.1) is 11.3 Å². The quantitative estimate of drug-likeness (QED) is 0.115. The minimum atomic E-state index is -0.557. The van der Waals surface area contributed by atoms with Gasteiger partial charge in [-0.1, -0.05) is 109 Å². The van der Waals surface area contributed by atoms with Crippen LogP contribution < -0.4 is 14.2 Å². The van der Waals surface area contributed by atoms with Gasteiger partial charge in [-0.3, -0.25) is 14.4 Å². The first kappa shape index (κ1) is 36.1. The van der Waals surface area contributed by atoms with Gasteiger partial charge in [-0.05, 0) is 84.9 Å². The van der Waals surface area contributed by atoms with Crippen LogP contribution in [-0.4, -0.2) is 17.3 Å². The number of carbonyl (C=O) groups is 3. The Kier molecular flexibility index (Phi) is 9.86. The van der Waals surface area contributed by atoms with Crippen LogP contribution in [0.5, 0.6) is 34.5 Å². The lowest BCUT2D eigenvalue weighted by molar-refractivity contribution is 0.0989. The molecule has 0 radical (unpaired) electrons. The lowest BCUT2D eigenvalue weighted by Crippen LogP contribution is -2.19. The first-order valence-electron chi connectivity index (χ1n) is 18.6. The summed E-state index contributed by atoms with van der Waals surface area (Å²) in [7, 11) is 0. The maximum Gasteiger partial charge on any atom is 0.198 e. The zero-order valence-corrected chi connectivity index (χ0v) is 31.6. The fraction of sp³-hybridized carbons (Fsp3) is 0. The molecule has 9 rings (SSSR count). The van der Waals surface area contributed by atoms with Gasteiger partial charge in [0.1, 0.15) is 34.5 Å². The topological polar surface area (TPSA) is 78.9 Å². The molecule has 9 aromatic rings. The van der Waals surface area contributed by atoms with E-state index in [-0.39, 0.29) is 39.1 Å². The molecule has 7 heteroatoms. The van der Waals surface area contributed by atoms with Crippen molar-refractivity contribution in [2.24, 2.45) is 0 Å². The predicted molar refractivity (Wildman–Crippen MR) is 229 cm³/mol. The minimum absolute atomic E-state index is 0.0486. The van der Waals surface area contributed by atoms with E-state index in [9.17, 15) is 0 Å². The third kappa shape index (κ3) is 7.02. The van der Waals surface area contributed by atoms with E-state index in [2.05, 4.69) is 0 Å². The van der Waals surface area contributed by atoms with E-state index in [0.29, 0.717) is 38.8 Å². The third-order valence-corrected chi connectivity index (χ3v) is 10.8. The maximum atomic E-state index is 15.6. The Balaban J connectivity index is 1.32. The Morgan fingerprint density at radius 1 is 0.345 bits per heavy atom. The smallest absolute Gasteiger partial charge is 0.198 e. The molecule has 0 aliphatic heterocycles. The molecule has 0 bridgehead atoms. The second-order valence-corrected chi connectivity index (χ2v) is 14.5. The van der Waals surface area contributed by atoms with Crippen LogP contribution in [0.4, 0.5) is 0 Å². The molecule has 0 saturated heterocycles. The fourth-order valence-electron chi connectivity index (χ4n) is 7.02. The van der Waals surface area contributed by atoms with Crippen LogP contribution in [-0.2, 0) is 0 Å². The predicted octanol–water partition coefficient (Wildman–Crippen LogP) is 13.1. The number of para-hydroxylation sites is 6. The Bertz CT molecular complexity index is 2970. The lowest BCUT2D eigenvalue weighted by Gasteiger charge is -2.19. The molecule has 58 heavy (non-hydrogen) atoms. The van der Waals surface area contributed by atoms with Gasteiger partial charge in [0, 0.05) is 36.9 Å². The molecular formula is C51H32O6S. The molecule has 1 aromatic heterocycles. The summed E-state index contributed by atoms with van der Waals surface area (Å²) in [6.45, 7) is 0. The third-order valence-electron chi connectivity index (χ3n) is 9.67. The van der Waals surface area contributed by atoms with Crippen molar-refractivity contribution < 1.29 is 28.6 Å². The van der Waals surface area contributed by atoms with Crippen LogP contribution >= 0.6 is 11.3 Å². The number of thiophene rings is 1. The van der Waals surface area contributed by atoms with Crippen molar-refractivity contribution >= 4 is 48.9 Å². The Morgan fingerprint density at radius 3 is 1.21 bits per heavy atom. The van der Waals surface area contributed by atoms with Gasteiger partial charge in [0.05, 0.1) is 16.7 Å². The van der Waals surface area contributed by atoms with Crippen LogP contribution in [0.15, 0.2) is 194 Å². The summed E-state index contributed by atoms with van der Waals surface area (Å²) in [5, 5.41) is 1.34.